The first-order valence-corrected chi connectivity index (χ1v) is 8.34. The maximum Gasteiger partial charge on any atom is 0.255 e. The van der Waals surface area contributed by atoms with Gasteiger partial charge in [0.1, 0.15) is 5.75 Å². The Morgan fingerprint density at radius 2 is 1.96 bits per heavy atom. The van der Waals surface area contributed by atoms with Crippen LogP contribution >= 0.6 is 0 Å². The van der Waals surface area contributed by atoms with E-state index in [1.54, 1.807) is 0 Å². The summed E-state index contributed by atoms with van der Waals surface area (Å²) < 4.78 is 5.59. The van der Waals surface area contributed by atoms with E-state index in [0.717, 1.165) is 29.8 Å². The molecule has 0 saturated heterocycles. The molecule has 0 aromatic heterocycles. The van der Waals surface area contributed by atoms with Crippen molar-refractivity contribution in [3.05, 3.63) is 42.0 Å². The van der Waals surface area contributed by atoms with E-state index in [0.29, 0.717) is 0 Å². The number of hydrogen-bond acceptors (Lipinski definition) is 3. The summed E-state index contributed by atoms with van der Waals surface area (Å²) in [4.78, 5) is 11.0. The molecule has 0 aliphatic heterocycles. The van der Waals surface area contributed by atoms with Gasteiger partial charge in [0.2, 0.25) is 0 Å². The Kier molecular flexibility index (Phi) is 6.88. The maximum absolute atomic E-state index is 11.0. The number of carbonyl (C=O) groups is 1. The van der Waals surface area contributed by atoms with Crippen molar-refractivity contribution in [1.29, 1.82) is 0 Å². The molecule has 4 heteroatoms. The highest BCUT2D eigenvalue weighted by Crippen LogP contribution is 2.28. The molecule has 0 bridgehead atoms. The number of nitrogens with two attached hydrogens (primary N) is 1. The van der Waals surface area contributed by atoms with E-state index >= 15 is 0 Å². The number of primary amides is 1. The van der Waals surface area contributed by atoms with Gasteiger partial charge in [-0.15, -0.1) is 0 Å². The number of rotatable bonds is 10. The van der Waals surface area contributed by atoms with Gasteiger partial charge in [0.15, 0.2) is 6.61 Å². The first-order valence-electron chi connectivity index (χ1n) is 8.34. The van der Waals surface area contributed by atoms with E-state index in [4.69, 9.17) is 10.5 Å². The lowest BCUT2D eigenvalue weighted by molar-refractivity contribution is -0.119. The summed E-state index contributed by atoms with van der Waals surface area (Å²) in [5, 5.41) is 5.80. The Balaban J connectivity index is 2.09. The quantitative estimate of drug-likeness (QED) is 0.661. The Labute approximate surface area is 138 Å². The van der Waals surface area contributed by atoms with Crippen molar-refractivity contribution in [2.45, 2.75) is 39.2 Å². The standard InChI is InChI=1S/C19H26N2O2/c1-2-3-4-7-12-21-13-17-16-9-6-5-8-15(16)10-11-18(17)23-14-19(20)22/h5-6,8-11,21H,2-4,7,12-14H2,1H3,(H2,20,22). The lowest BCUT2D eigenvalue weighted by atomic mass is 10.0. The number of amides is 1. The smallest absolute Gasteiger partial charge is 0.255 e. The molecule has 0 aliphatic rings. The monoisotopic (exact) mass is 314 g/mol. The van der Waals surface area contributed by atoms with Crippen molar-refractivity contribution >= 4 is 16.7 Å². The minimum atomic E-state index is -0.461. The number of nitrogens with one attached hydrogen (secondary N) is 1. The number of ether oxygens (including phenoxy) is 1. The molecule has 3 N–H and O–H groups in total. The van der Waals surface area contributed by atoms with Gasteiger partial charge in [-0.05, 0) is 29.8 Å². The molecule has 2 rings (SSSR count). The molecule has 0 radical (unpaired) electrons. The summed E-state index contributed by atoms with van der Waals surface area (Å²) in [5.74, 6) is 0.264. The van der Waals surface area contributed by atoms with Crippen LogP contribution in [0.1, 0.15) is 38.2 Å². The van der Waals surface area contributed by atoms with Crippen LogP contribution in [0, 0.1) is 0 Å². The van der Waals surface area contributed by atoms with E-state index in [-0.39, 0.29) is 6.61 Å². The molecule has 0 unspecified atom stereocenters. The summed E-state index contributed by atoms with van der Waals surface area (Å²) in [5.41, 5.74) is 6.27. The van der Waals surface area contributed by atoms with E-state index in [1.807, 2.05) is 24.3 Å². The van der Waals surface area contributed by atoms with Crippen LogP contribution in [-0.4, -0.2) is 19.1 Å². The zero-order chi connectivity index (χ0) is 16.5. The largest absolute Gasteiger partial charge is 0.483 e. The summed E-state index contributed by atoms with van der Waals surface area (Å²) in [7, 11) is 0. The molecule has 0 heterocycles. The average molecular weight is 314 g/mol. The fourth-order valence-electron chi connectivity index (χ4n) is 2.67. The molecule has 2 aromatic rings. The van der Waals surface area contributed by atoms with Crippen LogP contribution in [0.2, 0.25) is 0 Å². The highest BCUT2D eigenvalue weighted by atomic mass is 16.5. The van der Waals surface area contributed by atoms with Gasteiger partial charge in [0.05, 0.1) is 0 Å². The lowest BCUT2D eigenvalue weighted by Crippen LogP contribution is -2.21. The van der Waals surface area contributed by atoms with Gasteiger partial charge in [-0.25, -0.2) is 0 Å². The zero-order valence-electron chi connectivity index (χ0n) is 13.8. The first-order chi connectivity index (χ1) is 11.2. The minimum absolute atomic E-state index is 0.0954. The second kappa shape index (κ2) is 9.16. The molecule has 124 valence electrons. The van der Waals surface area contributed by atoms with Crippen molar-refractivity contribution < 1.29 is 9.53 Å². The summed E-state index contributed by atoms with van der Waals surface area (Å²) in [6.45, 7) is 3.83. The molecule has 23 heavy (non-hydrogen) atoms. The lowest BCUT2D eigenvalue weighted by Gasteiger charge is -2.14. The van der Waals surface area contributed by atoms with Crippen LogP contribution in [0.5, 0.6) is 5.75 Å². The van der Waals surface area contributed by atoms with Gasteiger partial charge < -0.3 is 15.8 Å². The van der Waals surface area contributed by atoms with Crippen molar-refractivity contribution in [2.75, 3.05) is 13.2 Å². The second-order valence-corrected chi connectivity index (χ2v) is 5.76. The molecular formula is C19H26N2O2. The Hall–Kier alpha value is -2.07. The third kappa shape index (κ3) is 5.25. The second-order valence-electron chi connectivity index (χ2n) is 5.76. The van der Waals surface area contributed by atoms with Crippen LogP contribution in [0.3, 0.4) is 0 Å². The predicted molar refractivity (Wildman–Crippen MR) is 94.5 cm³/mol. The number of fused-ring (bicyclic) bond motifs is 1. The zero-order valence-corrected chi connectivity index (χ0v) is 13.8. The van der Waals surface area contributed by atoms with Gasteiger partial charge in [-0.2, -0.15) is 0 Å². The van der Waals surface area contributed by atoms with Gasteiger partial charge in [0.25, 0.3) is 5.91 Å². The average Bonchev–Trinajstić information content (AvgIpc) is 2.56. The van der Waals surface area contributed by atoms with Gasteiger partial charge in [0, 0.05) is 12.1 Å². The van der Waals surface area contributed by atoms with Crippen molar-refractivity contribution in [3.8, 4) is 5.75 Å². The fraction of sp³-hybridized carbons (Fsp3) is 0.421. The molecule has 0 aliphatic carbocycles. The molecule has 1 amide bonds. The van der Waals surface area contributed by atoms with Crippen LogP contribution in [0.4, 0.5) is 0 Å². The highest BCUT2D eigenvalue weighted by molar-refractivity contribution is 5.88. The fourth-order valence-corrected chi connectivity index (χ4v) is 2.67. The normalized spacial score (nSPS) is 10.8. The first kappa shape index (κ1) is 17.3. The van der Waals surface area contributed by atoms with Gasteiger partial charge in [-0.3, -0.25) is 4.79 Å². The molecule has 0 atom stereocenters. The molecule has 0 spiro atoms. The highest BCUT2D eigenvalue weighted by Gasteiger charge is 2.09. The number of carbonyl (C=O) groups excluding carboxylic acids is 1. The van der Waals surface area contributed by atoms with Crippen LogP contribution in [-0.2, 0) is 11.3 Å². The number of unbranched alkanes of at least 4 members (excludes halogenated alkanes) is 3. The van der Waals surface area contributed by atoms with E-state index in [1.165, 1.54) is 31.1 Å². The number of benzene rings is 2. The van der Waals surface area contributed by atoms with E-state index in [2.05, 4.69) is 24.4 Å². The molecule has 0 fully saturated rings. The maximum atomic E-state index is 11.0. The number of hydrogen-bond donors (Lipinski definition) is 2. The van der Waals surface area contributed by atoms with Crippen molar-refractivity contribution in [2.24, 2.45) is 5.73 Å². The minimum Gasteiger partial charge on any atom is -0.483 e. The summed E-state index contributed by atoms with van der Waals surface area (Å²) in [6, 6.07) is 12.1. The molecule has 4 nitrogen and oxygen atoms in total. The van der Waals surface area contributed by atoms with Gasteiger partial charge >= 0.3 is 0 Å². The van der Waals surface area contributed by atoms with Crippen LogP contribution < -0.4 is 15.8 Å². The Morgan fingerprint density at radius 1 is 1.13 bits per heavy atom. The summed E-state index contributed by atoms with van der Waals surface area (Å²) in [6.07, 6.45) is 4.96. The van der Waals surface area contributed by atoms with Crippen molar-refractivity contribution in [1.82, 2.24) is 5.32 Å². The SMILES string of the molecule is CCCCCCNCc1c(OCC(N)=O)ccc2ccccc12. The predicted octanol–water partition coefficient (Wildman–Crippen LogP) is 3.37. The summed E-state index contributed by atoms with van der Waals surface area (Å²) >= 11 is 0. The van der Waals surface area contributed by atoms with Crippen LogP contribution in [0.25, 0.3) is 10.8 Å². The van der Waals surface area contributed by atoms with Crippen LogP contribution in [0.15, 0.2) is 36.4 Å². The third-order valence-electron chi connectivity index (χ3n) is 3.88. The Morgan fingerprint density at radius 3 is 2.74 bits per heavy atom. The third-order valence-corrected chi connectivity index (χ3v) is 3.88. The molecule has 0 saturated carbocycles. The molecular weight excluding hydrogens is 288 g/mol. The van der Waals surface area contributed by atoms with Gasteiger partial charge in [-0.1, -0.05) is 56.5 Å². The molecule has 2 aromatic carbocycles. The topological polar surface area (TPSA) is 64.3 Å². The Bertz CT molecular complexity index is 640. The van der Waals surface area contributed by atoms with Crippen molar-refractivity contribution in [3.63, 3.8) is 0 Å². The van der Waals surface area contributed by atoms with E-state index < -0.39 is 5.91 Å². The van der Waals surface area contributed by atoms with E-state index in [9.17, 15) is 4.79 Å².